The molecule has 100 valence electrons. The van der Waals surface area contributed by atoms with Crippen LogP contribution in [0.1, 0.15) is 0 Å². The molecule has 0 saturated carbocycles. The second kappa shape index (κ2) is 6.41. The van der Waals surface area contributed by atoms with Crippen LogP contribution in [0.5, 0.6) is 5.75 Å². The lowest BCUT2D eigenvalue weighted by Gasteiger charge is -2.31. The SMILES string of the molecule is N#CC1COCCN1C(=O)COc1ccc(Cl)cc1. The maximum absolute atomic E-state index is 12.0. The van der Waals surface area contributed by atoms with Gasteiger partial charge in [0.05, 0.1) is 19.3 Å². The van der Waals surface area contributed by atoms with Crippen LogP contribution in [0, 0.1) is 11.3 Å². The molecule has 0 aliphatic carbocycles. The van der Waals surface area contributed by atoms with Crippen LogP contribution in [0.3, 0.4) is 0 Å². The largest absolute Gasteiger partial charge is 0.484 e. The van der Waals surface area contributed by atoms with Gasteiger partial charge in [0.1, 0.15) is 11.8 Å². The summed E-state index contributed by atoms with van der Waals surface area (Å²) in [6.07, 6.45) is 0. The van der Waals surface area contributed by atoms with Crippen LogP contribution in [0.4, 0.5) is 0 Å². The summed E-state index contributed by atoms with van der Waals surface area (Å²) in [5, 5.41) is 9.55. The van der Waals surface area contributed by atoms with E-state index in [-0.39, 0.29) is 19.1 Å². The summed E-state index contributed by atoms with van der Waals surface area (Å²) in [6, 6.07) is 8.27. The number of morpholine rings is 1. The minimum atomic E-state index is -0.532. The molecule has 2 rings (SSSR count). The molecule has 1 heterocycles. The van der Waals surface area contributed by atoms with Crippen LogP contribution < -0.4 is 4.74 Å². The minimum Gasteiger partial charge on any atom is -0.484 e. The number of hydrogen-bond donors (Lipinski definition) is 0. The first-order chi connectivity index (χ1) is 9.20. The third-order valence-corrected chi connectivity index (χ3v) is 3.03. The van der Waals surface area contributed by atoms with Gasteiger partial charge in [-0.3, -0.25) is 4.79 Å². The number of nitrogens with zero attached hydrogens (tertiary/aromatic N) is 2. The van der Waals surface area contributed by atoms with Gasteiger partial charge in [0, 0.05) is 11.6 Å². The van der Waals surface area contributed by atoms with Crippen LogP contribution in [0.15, 0.2) is 24.3 Å². The lowest BCUT2D eigenvalue weighted by Crippen LogP contribution is -2.49. The Bertz CT molecular complexity index is 484. The highest BCUT2D eigenvalue weighted by molar-refractivity contribution is 6.30. The summed E-state index contributed by atoms with van der Waals surface area (Å²) in [6.45, 7) is 1.02. The molecule has 1 amide bonds. The van der Waals surface area contributed by atoms with Gasteiger partial charge in [-0.1, -0.05) is 11.6 Å². The summed E-state index contributed by atoms with van der Waals surface area (Å²) >= 11 is 5.75. The van der Waals surface area contributed by atoms with Gasteiger partial charge in [-0.25, -0.2) is 0 Å². The number of benzene rings is 1. The summed E-state index contributed by atoms with van der Waals surface area (Å²) in [7, 11) is 0. The first kappa shape index (κ1) is 13.7. The molecule has 0 bridgehead atoms. The molecule has 1 aromatic carbocycles. The molecule has 1 aliphatic rings. The molecule has 0 spiro atoms. The van der Waals surface area contributed by atoms with Gasteiger partial charge in [-0.2, -0.15) is 5.26 Å². The van der Waals surface area contributed by atoms with Crippen LogP contribution in [-0.4, -0.2) is 43.2 Å². The average molecular weight is 281 g/mol. The zero-order valence-electron chi connectivity index (χ0n) is 10.2. The van der Waals surface area contributed by atoms with Crippen molar-refractivity contribution in [3.05, 3.63) is 29.3 Å². The van der Waals surface area contributed by atoms with Crippen molar-refractivity contribution in [1.29, 1.82) is 5.26 Å². The second-order valence-corrected chi connectivity index (χ2v) is 4.49. The maximum Gasteiger partial charge on any atom is 0.261 e. The van der Waals surface area contributed by atoms with E-state index in [2.05, 4.69) is 0 Å². The van der Waals surface area contributed by atoms with Gasteiger partial charge >= 0.3 is 0 Å². The Morgan fingerprint density at radius 3 is 2.95 bits per heavy atom. The van der Waals surface area contributed by atoms with Crippen molar-refractivity contribution in [3.63, 3.8) is 0 Å². The fourth-order valence-corrected chi connectivity index (χ4v) is 1.89. The van der Waals surface area contributed by atoms with E-state index in [9.17, 15) is 4.79 Å². The molecular weight excluding hydrogens is 268 g/mol. The molecule has 0 aromatic heterocycles. The van der Waals surface area contributed by atoms with Gasteiger partial charge in [0.2, 0.25) is 0 Å². The molecule has 1 atom stereocenters. The third-order valence-electron chi connectivity index (χ3n) is 2.77. The van der Waals surface area contributed by atoms with Gasteiger partial charge in [0.25, 0.3) is 5.91 Å². The van der Waals surface area contributed by atoms with Gasteiger partial charge < -0.3 is 14.4 Å². The lowest BCUT2D eigenvalue weighted by molar-refractivity contribution is -0.139. The number of hydrogen-bond acceptors (Lipinski definition) is 4. The first-order valence-corrected chi connectivity index (χ1v) is 6.23. The Kier molecular flexibility index (Phi) is 4.61. The molecule has 1 saturated heterocycles. The van der Waals surface area contributed by atoms with Crippen molar-refractivity contribution in [2.24, 2.45) is 0 Å². The maximum atomic E-state index is 12.0. The van der Waals surface area contributed by atoms with Crippen molar-refractivity contribution in [1.82, 2.24) is 4.90 Å². The molecule has 0 N–H and O–H groups in total. The highest BCUT2D eigenvalue weighted by Gasteiger charge is 2.27. The Balaban J connectivity index is 1.90. The smallest absolute Gasteiger partial charge is 0.261 e. The summed E-state index contributed by atoms with van der Waals surface area (Å²) in [5.41, 5.74) is 0. The van der Waals surface area contributed by atoms with Crippen molar-refractivity contribution >= 4 is 17.5 Å². The van der Waals surface area contributed by atoms with E-state index in [1.54, 1.807) is 24.3 Å². The first-order valence-electron chi connectivity index (χ1n) is 5.86. The number of carbonyl (C=O) groups is 1. The van der Waals surface area contributed by atoms with Crippen molar-refractivity contribution in [2.75, 3.05) is 26.4 Å². The van der Waals surface area contributed by atoms with E-state index in [1.165, 1.54) is 4.90 Å². The number of ether oxygens (including phenoxy) is 2. The highest BCUT2D eigenvalue weighted by Crippen LogP contribution is 2.16. The number of carbonyl (C=O) groups excluding carboxylic acids is 1. The molecule has 1 aliphatic heterocycles. The Labute approximate surface area is 116 Å². The number of amides is 1. The van der Waals surface area contributed by atoms with Gasteiger partial charge in [0.15, 0.2) is 6.61 Å². The van der Waals surface area contributed by atoms with E-state index in [1.807, 2.05) is 6.07 Å². The van der Waals surface area contributed by atoms with Crippen LogP contribution in [-0.2, 0) is 9.53 Å². The van der Waals surface area contributed by atoms with Crippen LogP contribution in [0.25, 0.3) is 0 Å². The number of nitriles is 1. The van der Waals surface area contributed by atoms with Crippen LogP contribution >= 0.6 is 11.6 Å². The van der Waals surface area contributed by atoms with Crippen molar-refractivity contribution < 1.29 is 14.3 Å². The Morgan fingerprint density at radius 2 is 2.26 bits per heavy atom. The van der Waals surface area contributed by atoms with Crippen molar-refractivity contribution in [2.45, 2.75) is 6.04 Å². The Morgan fingerprint density at radius 1 is 1.53 bits per heavy atom. The van der Waals surface area contributed by atoms with Crippen LogP contribution in [0.2, 0.25) is 5.02 Å². The van der Waals surface area contributed by atoms with E-state index < -0.39 is 6.04 Å². The monoisotopic (exact) mass is 280 g/mol. The predicted octanol–water partition coefficient (Wildman–Crippen LogP) is 1.47. The second-order valence-electron chi connectivity index (χ2n) is 4.05. The van der Waals surface area contributed by atoms with E-state index in [0.717, 1.165) is 0 Å². The zero-order chi connectivity index (χ0) is 13.7. The topological polar surface area (TPSA) is 62.6 Å². The molecule has 1 fully saturated rings. The van der Waals surface area contributed by atoms with E-state index in [0.29, 0.717) is 23.9 Å². The molecule has 1 aromatic rings. The number of halogens is 1. The fourth-order valence-electron chi connectivity index (χ4n) is 1.77. The molecule has 0 radical (unpaired) electrons. The third kappa shape index (κ3) is 3.60. The average Bonchev–Trinajstić information content (AvgIpc) is 2.46. The summed E-state index contributed by atoms with van der Waals surface area (Å²) in [5.74, 6) is 0.351. The quantitative estimate of drug-likeness (QED) is 0.841. The predicted molar refractivity (Wildman–Crippen MR) is 68.9 cm³/mol. The van der Waals surface area contributed by atoms with Crippen molar-refractivity contribution in [3.8, 4) is 11.8 Å². The van der Waals surface area contributed by atoms with E-state index in [4.69, 9.17) is 26.3 Å². The molecular formula is C13H13ClN2O3. The normalized spacial score (nSPS) is 18.7. The van der Waals surface area contributed by atoms with E-state index >= 15 is 0 Å². The molecule has 6 heteroatoms. The molecule has 19 heavy (non-hydrogen) atoms. The highest BCUT2D eigenvalue weighted by atomic mass is 35.5. The fraction of sp³-hybridized carbons (Fsp3) is 0.385. The summed E-state index contributed by atoms with van der Waals surface area (Å²) < 4.78 is 10.5. The molecule has 5 nitrogen and oxygen atoms in total. The standard InChI is InChI=1S/C13H13ClN2O3/c14-10-1-3-12(4-2-10)19-9-13(17)16-5-6-18-8-11(16)7-15/h1-4,11H,5-6,8-9H2. The zero-order valence-corrected chi connectivity index (χ0v) is 11.0. The molecule has 1 unspecified atom stereocenters. The van der Waals surface area contributed by atoms with Gasteiger partial charge in [-0.05, 0) is 24.3 Å². The summed E-state index contributed by atoms with van der Waals surface area (Å²) in [4.78, 5) is 13.5. The minimum absolute atomic E-state index is 0.0974. The Hall–Kier alpha value is -1.77. The number of rotatable bonds is 3. The van der Waals surface area contributed by atoms with Gasteiger partial charge in [-0.15, -0.1) is 0 Å². The lowest BCUT2D eigenvalue weighted by atomic mass is 10.2.